The lowest BCUT2D eigenvalue weighted by Crippen LogP contribution is -2.45. The first-order valence-electron chi connectivity index (χ1n) is 4.99. The Labute approximate surface area is 88.3 Å². The van der Waals surface area contributed by atoms with Gasteiger partial charge in [0.2, 0.25) is 0 Å². The van der Waals surface area contributed by atoms with E-state index in [0.717, 1.165) is 5.69 Å². The zero-order valence-corrected chi connectivity index (χ0v) is 8.60. The highest BCUT2D eigenvalue weighted by Gasteiger charge is 2.47. The van der Waals surface area contributed by atoms with Gasteiger partial charge in [-0.15, -0.1) is 0 Å². The molecule has 0 bridgehead atoms. The molecule has 80 valence electrons. The van der Waals surface area contributed by atoms with Gasteiger partial charge in [0.1, 0.15) is 0 Å². The summed E-state index contributed by atoms with van der Waals surface area (Å²) in [5.41, 5.74) is 5.33. The Morgan fingerprint density at radius 1 is 1.47 bits per heavy atom. The van der Waals surface area contributed by atoms with E-state index in [1.165, 1.54) is 0 Å². The first-order valence-corrected chi connectivity index (χ1v) is 4.99. The smallest absolute Gasteiger partial charge is 0.265 e. The van der Waals surface area contributed by atoms with Crippen LogP contribution in [-0.4, -0.2) is 24.1 Å². The summed E-state index contributed by atoms with van der Waals surface area (Å²) in [7, 11) is 0. The fourth-order valence-electron chi connectivity index (χ4n) is 2.02. The van der Waals surface area contributed by atoms with Crippen LogP contribution < -0.4 is 10.6 Å². The van der Waals surface area contributed by atoms with Crippen LogP contribution in [-0.2, 0) is 10.4 Å². The molecule has 1 aliphatic heterocycles. The van der Waals surface area contributed by atoms with E-state index in [2.05, 4.69) is 0 Å². The van der Waals surface area contributed by atoms with Crippen molar-refractivity contribution in [3.05, 3.63) is 29.8 Å². The molecule has 0 saturated heterocycles. The molecule has 0 fully saturated rings. The zero-order valence-electron chi connectivity index (χ0n) is 8.60. The Morgan fingerprint density at radius 3 is 2.73 bits per heavy atom. The lowest BCUT2D eigenvalue weighted by atomic mass is 9.96. The van der Waals surface area contributed by atoms with Gasteiger partial charge in [-0.05, 0) is 13.0 Å². The molecule has 1 aliphatic rings. The van der Waals surface area contributed by atoms with Gasteiger partial charge in [-0.25, -0.2) is 0 Å². The maximum Gasteiger partial charge on any atom is 0.265 e. The first kappa shape index (κ1) is 10.1. The number of hydrogen-bond acceptors (Lipinski definition) is 3. The predicted molar refractivity (Wildman–Crippen MR) is 57.4 cm³/mol. The number of aliphatic hydroxyl groups is 1. The number of para-hydroxylation sites is 1. The summed E-state index contributed by atoms with van der Waals surface area (Å²) in [5.74, 6) is -0.325. The number of fused-ring (bicyclic) bond motifs is 1. The van der Waals surface area contributed by atoms with Gasteiger partial charge in [-0.3, -0.25) is 4.79 Å². The second kappa shape index (κ2) is 3.32. The third kappa shape index (κ3) is 1.19. The number of anilines is 1. The van der Waals surface area contributed by atoms with Gasteiger partial charge in [0, 0.05) is 18.7 Å². The first-order chi connectivity index (χ1) is 7.15. The Kier molecular flexibility index (Phi) is 2.25. The molecule has 1 unspecified atom stereocenters. The monoisotopic (exact) mass is 206 g/mol. The van der Waals surface area contributed by atoms with Crippen molar-refractivity contribution >= 4 is 11.6 Å². The molecular formula is C11H14N2O2. The highest BCUT2D eigenvalue weighted by atomic mass is 16.3. The van der Waals surface area contributed by atoms with Crippen LogP contribution in [0, 0.1) is 0 Å². The van der Waals surface area contributed by atoms with E-state index < -0.39 is 5.60 Å². The van der Waals surface area contributed by atoms with E-state index in [1.807, 2.05) is 19.1 Å². The SMILES string of the molecule is CCN1C(=O)C(O)(CN)c2ccccc21. The lowest BCUT2D eigenvalue weighted by molar-refractivity contribution is -0.135. The van der Waals surface area contributed by atoms with Crippen LogP contribution in [0.1, 0.15) is 12.5 Å². The van der Waals surface area contributed by atoms with Crippen molar-refractivity contribution in [3.63, 3.8) is 0 Å². The molecule has 0 radical (unpaired) electrons. The molecule has 0 aliphatic carbocycles. The number of carbonyl (C=O) groups is 1. The van der Waals surface area contributed by atoms with Gasteiger partial charge in [-0.2, -0.15) is 0 Å². The molecule has 1 heterocycles. The van der Waals surface area contributed by atoms with Crippen LogP contribution in [0.2, 0.25) is 0 Å². The molecule has 0 aromatic heterocycles. The molecular weight excluding hydrogens is 192 g/mol. The van der Waals surface area contributed by atoms with Gasteiger partial charge in [0.05, 0.1) is 5.69 Å². The Hall–Kier alpha value is -1.39. The number of carbonyl (C=O) groups excluding carboxylic acids is 1. The number of hydrogen-bond donors (Lipinski definition) is 2. The van der Waals surface area contributed by atoms with Crippen molar-refractivity contribution in [3.8, 4) is 0 Å². The third-order valence-electron chi connectivity index (χ3n) is 2.85. The maximum atomic E-state index is 11.9. The minimum atomic E-state index is -1.54. The van der Waals surface area contributed by atoms with Gasteiger partial charge >= 0.3 is 0 Å². The van der Waals surface area contributed by atoms with Crippen LogP contribution in [0.25, 0.3) is 0 Å². The number of benzene rings is 1. The highest BCUT2D eigenvalue weighted by molar-refractivity contribution is 6.06. The minimum absolute atomic E-state index is 0.0840. The summed E-state index contributed by atoms with van der Waals surface area (Å²) in [6.07, 6.45) is 0. The van der Waals surface area contributed by atoms with Crippen LogP contribution in [0.4, 0.5) is 5.69 Å². The van der Waals surface area contributed by atoms with Crippen LogP contribution in [0.3, 0.4) is 0 Å². The second-order valence-electron chi connectivity index (χ2n) is 3.63. The predicted octanol–water partition coefficient (Wildman–Crippen LogP) is 0.199. The highest BCUT2D eigenvalue weighted by Crippen LogP contribution is 2.39. The summed E-state index contributed by atoms with van der Waals surface area (Å²) < 4.78 is 0. The molecule has 2 rings (SSSR count). The van der Waals surface area contributed by atoms with Gasteiger partial charge in [0.25, 0.3) is 5.91 Å². The third-order valence-corrected chi connectivity index (χ3v) is 2.85. The van der Waals surface area contributed by atoms with Crippen molar-refractivity contribution < 1.29 is 9.90 Å². The van der Waals surface area contributed by atoms with Gasteiger partial charge in [0.15, 0.2) is 5.60 Å². The van der Waals surface area contributed by atoms with Crippen LogP contribution >= 0.6 is 0 Å². The van der Waals surface area contributed by atoms with E-state index in [4.69, 9.17) is 5.73 Å². The van der Waals surface area contributed by atoms with Crippen molar-refractivity contribution in [2.75, 3.05) is 18.0 Å². The molecule has 4 nitrogen and oxygen atoms in total. The molecule has 0 spiro atoms. The number of nitrogens with two attached hydrogens (primary N) is 1. The number of rotatable bonds is 2. The fourth-order valence-corrected chi connectivity index (χ4v) is 2.02. The largest absolute Gasteiger partial charge is 0.374 e. The summed E-state index contributed by atoms with van der Waals surface area (Å²) in [6.45, 7) is 2.33. The van der Waals surface area contributed by atoms with E-state index in [1.54, 1.807) is 17.0 Å². The normalized spacial score (nSPS) is 24.5. The van der Waals surface area contributed by atoms with E-state index >= 15 is 0 Å². The summed E-state index contributed by atoms with van der Waals surface area (Å²) in [4.78, 5) is 13.5. The zero-order chi connectivity index (χ0) is 11.1. The van der Waals surface area contributed by atoms with E-state index in [9.17, 15) is 9.90 Å². The number of amides is 1. The molecule has 0 saturated carbocycles. The second-order valence-corrected chi connectivity index (χ2v) is 3.63. The number of nitrogens with zero attached hydrogens (tertiary/aromatic N) is 1. The topological polar surface area (TPSA) is 66.6 Å². The van der Waals surface area contributed by atoms with Crippen molar-refractivity contribution in [2.45, 2.75) is 12.5 Å². The summed E-state index contributed by atoms with van der Waals surface area (Å²) in [6, 6.07) is 7.21. The summed E-state index contributed by atoms with van der Waals surface area (Å²) in [5, 5.41) is 10.2. The van der Waals surface area contributed by atoms with E-state index in [0.29, 0.717) is 12.1 Å². The quantitative estimate of drug-likeness (QED) is 0.726. The standard InChI is InChI=1S/C11H14N2O2/c1-2-13-9-6-4-3-5-8(9)11(15,7-12)10(13)14/h3-6,15H,2,7,12H2,1H3. The van der Waals surface area contributed by atoms with E-state index in [-0.39, 0.29) is 12.5 Å². The average Bonchev–Trinajstić information content (AvgIpc) is 2.50. The molecule has 1 atom stereocenters. The number of likely N-dealkylation sites (N-methyl/N-ethyl adjacent to an activating group) is 1. The van der Waals surface area contributed by atoms with Crippen molar-refractivity contribution in [2.24, 2.45) is 5.73 Å². The van der Waals surface area contributed by atoms with Crippen LogP contribution in [0.15, 0.2) is 24.3 Å². The minimum Gasteiger partial charge on any atom is -0.374 e. The lowest BCUT2D eigenvalue weighted by Gasteiger charge is -2.20. The Morgan fingerprint density at radius 2 is 2.13 bits per heavy atom. The molecule has 1 aromatic carbocycles. The van der Waals surface area contributed by atoms with Crippen LogP contribution in [0.5, 0.6) is 0 Å². The Balaban J connectivity index is 2.61. The summed E-state index contributed by atoms with van der Waals surface area (Å²) >= 11 is 0. The van der Waals surface area contributed by atoms with Gasteiger partial charge in [-0.1, -0.05) is 18.2 Å². The Bertz CT molecular complexity index is 405. The molecule has 4 heteroatoms. The van der Waals surface area contributed by atoms with Crippen molar-refractivity contribution in [1.29, 1.82) is 0 Å². The van der Waals surface area contributed by atoms with Crippen molar-refractivity contribution in [1.82, 2.24) is 0 Å². The molecule has 1 amide bonds. The molecule has 15 heavy (non-hydrogen) atoms. The molecule has 3 N–H and O–H groups in total. The molecule has 1 aromatic rings. The van der Waals surface area contributed by atoms with Gasteiger partial charge < -0.3 is 15.7 Å². The maximum absolute atomic E-state index is 11.9. The average molecular weight is 206 g/mol. The fraction of sp³-hybridized carbons (Fsp3) is 0.364.